The van der Waals surface area contributed by atoms with Crippen molar-refractivity contribution in [2.75, 3.05) is 39.4 Å². The Hall–Kier alpha value is -1.59. The topological polar surface area (TPSA) is 33.7 Å². The fourth-order valence-corrected chi connectivity index (χ4v) is 3.13. The monoisotopic (exact) mass is 374 g/mol. The van der Waals surface area contributed by atoms with Crippen LogP contribution in [0.15, 0.2) is 48.5 Å². The summed E-state index contributed by atoms with van der Waals surface area (Å²) < 4.78 is 11.4. The molecule has 0 aromatic heterocycles. The summed E-state index contributed by atoms with van der Waals surface area (Å²) in [5.74, 6) is 0.933. The number of morpholine rings is 1. The number of nitrogens with zero attached hydrogens (tertiary/aromatic N) is 1. The first-order valence-electron chi connectivity index (χ1n) is 9.27. The molecule has 0 unspecified atom stereocenters. The van der Waals surface area contributed by atoms with Crippen molar-refractivity contribution >= 4 is 11.6 Å². The van der Waals surface area contributed by atoms with Gasteiger partial charge in [-0.25, -0.2) is 0 Å². The Morgan fingerprint density at radius 1 is 1.04 bits per heavy atom. The van der Waals surface area contributed by atoms with E-state index in [9.17, 15) is 0 Å². The standard InChI is InChI=1S/C21H27ClN2O2/c22-20-8-6-18(7-9-20)17-26-21-5-2-1-4-19(21)16-23-10-3-11-24-12-14-25-15-13-24/h1-2,4-9,23H,3,10-17H2. The molecule has 2 aromatic carbocycles. The number of nitrogens with one attached hydrogen (secondary N) is 1. The molecule has 0 amide bonds. The third-order valence-corrected chi connectivity index (χ3v) is 4.78. The van der Waals surface area contributed by atoms with E-state index < -0.39 is 0 Å². The first-order chi connectivity index (χ1) is 12.8. The SMILES string of the molecule is Clc1ccc(COc2ccccc2CNCCCN2CCOCC2)cc1. The number of ether oxygens (including phenoxy) is 2. The van der Waals surface area contributed by atoms with Gasteiger partial charge in [-0.05, 0) is 43.3 Å². The van der Waals surface area contributed by atoms with E-state index >= 15 is 0 Å². The molecule has 1 aliphatic rings. The largest absolute Gasteiger partial charge is 0.489 e. The smallest absolute Gasteiger partial charge is 0.124 e. The van der Waals surface area contributed by atoms with Crippen molar-refractivity contribution in [2.24, 2.45) is 0 Å². The molecule has 0 atom stereocenters. The summed E-state index contributed by atoms with van der Waals surface area (Å²) in [5.41, 5.74) is 2.30. The van der Waals surface area contributed by atoms with Crippen LogP contribution in [0.5, 0.6) is 5.75 Å². The molecule has 1 fully saturated rings. The molecule has 2 aromatic rings. The van der Waals surface area contributed by atoms with Gasteiger partial charge in [0.1, 0.15) is 12.4 Å². The van der Waals surface area contributed by atoms with E-state index in [0.29, 0.717) is 6.61 Å². The summed E-state index contributed by atoms with van der Waals surface area (Å²) in [6, 6.07) is 16.0. The highest BCUT2D eigenvalue weighted by Gasteiger charge is 2.09. The van der Waals surface area contributed by atoms with Crippen molar-refractivity contribution in [3.05, 3.63) is 64.7 Å². The normalized spacial score (nSPS) is 15.1. The van der Waals surface area contributed by atoms with Gasteiger partial charge >= 0.3 is 0 Å². The number of hydrogen-bond acceptors (Lipinski definition) is 4. The fraction of sp³-hybridized carbons (Fsp3) is 0.429. The second-order valence-corrected chi connectivity index (χ2v) is 6.94. The number of halogens is 1. The van der Waals surface area contributed by atoms with E-state index in [1.165, 1.54) is 5.56 Å². The predicted molar refractivity (Wildman–Crippen MR) is 106 cm³/mol. The van der Waals surface area contributed by atoms with Gasteiger partial charge in [-0.2, -0.15) is 0 Å². The van der Waals surface area contributed by atoms with Crippen LogP contribution in [0.25, 0.3) is 0 Å². The summed E-state index contributed by atoms with van der Waals surface area (Å²) in [6.45, 7) is 7.35. The lowest BCUT2D eigenvalue weighted by Gasteiger charge is -2.26. The van der Waals surface area contributed by atoms with Crippen molar-refractivity contribution in [1.29, 1.82) is 0 Å². The zero-order valence-corrected chi connectivity index (χ0v) is 15.9. The lowest BCUT2D eigenvalue weighted by atomic mass is 10.2. The molecule has 1 aliphatic heterocycles. The third-order valence-electron chi connectivity index (χ3n) is 4.53. The molecule has 0 radical (unpaired) electrons. The molecule has 4 nitrogen and oxygen atoms in total. The van der Waals surface area contributed by atoms with Gasteiger partial charge in [0.15, 0.2) is 0 Å². The van der Waals surface area contributed by atoms with Gasteiger partial charge in [0.05, 0.1) is 13.2 Å². The highest BCUT2D eigenvalue weighted by atomic mass is 35.5. The summed E-state index contributed by atoms with van der Waals surface area (Å²) in [4.78, 5) is 2.47. The van der Waals surface area contributed by atoms with Crippen molar-refractivity contribution in [3.63, 3.8) is 0 Å². The van der Waals surface area contributed by atoms with Crippen LogP contribution >= 0.6 is 11.6 Å². The second-order valence-electron chi connectivity index (χ2n) is 6.51. The minimum atomic E-state index is 0.547. The average molecular weight is 375 g/mol. The second kappa shape index (κ2) is 10.5. The van der Waals surface area contributed by atoms with Crippen LogP contribution in [0, 0.1) is 0 Å². The Bertz CT molecular complexity index is 657. The molecular formula is C21H27ClN2O2. The van der Waals surface area contributed by atoms with E-state index in [2.05, 4.69) is 22.3 Å². The number of rotatable bonds is 9. The molecule has 1 saturated heterocycles. The Labute approximate surface area is 161 Å². The Morgan fingerprint density at radius 3 is 2.62 bits per heavy atom. The predicted octanol–water partition coefficient (Wildman–Crippen LogP) is 3.73. The maximum atomic E-state index is 6.01. The van der Waals surface area contributed by atoms with Gasteiger partial charge in [0, 0.05) is 30.2 Å². The highest BCUT2D eigenvalue weighted by Crippen LogP contribution is 2.20. The van der Waals surface area contributed by atoms with Crippen LogP contribution in [0.3, 0.4) is 0 Å². The van der Waals surface area contributed by atoms with Gasteiger partial charge in [-0.15, -0.1) is 0 Å². The van der Waals surface area contributed by atoms with Crippen molar-refractivity contribution in [3.8, 4) is 5.75 Å². The molecular weight excluding hydrogens is 348 g/mol. The summed E-state index contributed by atoms with van der Waals surface area (Å²) in [6.07, 6.45) is 1.15. The highest BCUT2D eigenvalue weighted by molar-refractivity contribution is 6.30. The minimum absolute atomic E-state index is 0.547. The van der Waals surface area contributed by atoms with Gasteiger partial charge in [0.25, 0.3) is 0 Å². The van der Waals surface area contributed by atoms with Crippen LogP contribution in [-0.4, -0.2) is 44.3 Å². The van der Waals surface area contributed by atoms with E-state index in [0.717, 1.165) is 68.7 Å². The van der Waals surface area contributed by atoms with E-state index in [-0.39, 0.29) is 0 Å². The van der Waals surface area contributed by atoms with Crippen LogP contribution in [0.4, 0.5) is 0 Å². The number of benzene rings is 2. The van der Waals surface area contributed by atoms with E-state index in [1.807, 2.05) is 36.4 Å². The molecule has 26 heavy (non-hydrogen) atoms. The lowest BCUT2D eigenvalue weighted by molar-refractivity contribution is 0.0374. The van der Waals surface area contributed by atoms with Crippen LogP contribution in [0.1, 0.15) is 17.5 Å². The van der Waals surface area contributed by atoms with E-state index in [4.69, 9.17) is 21.1 Å². The molecule has 0 aliphatic carbocycles. The van der Waals surface area contributed by atoms with Crippen LogP contribution in [-0.2, 0) is 17.9 Å². The quantitative estimate of drug-likeness (QED) is 0.678. The van der Waals surface area contributed by atoms with Gasteiger partial charge in [0.2, 0.25) is 0 Å². The van der Waals surface area contributed by atoms with Crippen molar-refractivity contribution in [2.45, 2.75) is 19.6 Å². The Morgan fingerprint density at radius 2 is 1.81 bits per heavy atom. The van der Waals surface area contributed by atoms with Crippen molar-refractivity contribution in [1.82, 2.24) is 10.2 Å². The van der Waals surface area contributed by atoms with Crippen molar-refractivity contribution < 1.29 is 9.47 Å². The van der Waals surface area contributed by atoms with Crippen LogP contribution in [0.2, 0.25) is 5.02 Å². The Balaban J connectivity index is 1.41. The molecule has 1 N–H and O–H groups in total. The zero-order valence-electron chi connectivity index (χ0n) is 15.1. The average Bonchev–Trinajstić information content (AvgIpc) is 2.69. The molecule has 0 spiro atoms. The van der Waals surface area contributed by atoms with Crippen LogP contribution < -0.4 is 10.1 Å². The number of hydrogen-bond donors (Lipinski definition) is 1. The van der Waals surface area contributed by atoms with Gasteiger partial charge in [-0.3, -0.25) is 4.90 Å². The minimum Gasteiger partial charge on any atom is -0.489 e. The molecule has 3 rings (SSSR count). The first kappa shape index (κ1) is 19.2. The summed E-state index contributed by atoms with van der Waals surface area (Å²) in [5, 5.41) is 4.28. The maximum Gasteiger partial charge on any atom is 0.124 e. The molecule has 0 bridgehead atoms. The van der Waals surface area contributed by atoms with Gasteiger partial charge in [-0.1, -0.05) is 41.9 Å². The third kappa shape index (κ3) is 6.29. The fourth-order valence-electron chi connectivity index (χ4n) is 3.01. The zero-order chi connectivity index (χ0) is 18.0. The molecule has 5 heteroatoms. The first-order valence-corrected chi connectivity index (χ1v) is 9.65. The van der Waals surface area contributed by atoms with E-state index in [1.54, 1.807) is 0 Å². The Kier molecular flexibility index (Phi) is 7.77. The molecule has 0 saturated carbocycles. The molecule has 1 heterocycles. The van der Waals surface area contributed by atoms with Gasteiger partial charge < -0.3 is 14.8 Å². The summed E-state index contributed by atoms with van der Waals surface area (Å²) >= 11 is 5.93. The number of para-hydroxylation sites is 1. The maximum absolute atomic E-state index is 6.01. The lowest BCUT2D eigenvalue weighted by Crippen LogP contribution is -2.37. The molecule has 140 valence electrons. The summed E-state index contributed by atoms with van der Waals surface area (Å²) in [7, 11) is 0.